The van der Waals surface area contributed by atoms with Crippen LogP contribution in [-0.4, -0.2) is 26.4 Å². The number of benzene rings is 1. The van der Waals surface area contributed by atoms with Crippen molar-refractivity contribution < 1.29 is 0 Å². The molecule has 4 rings (SSSR count). The summed E-state index contributed by atoms with van der Waals surface area (Å²) in [6.45, 7) is 0. The van der Waals surface area contributed by atoms with Gasteiger partial charge < -0.3 is 4.98 Å². The van der Waals surface area contributed by atoms with Gasteiger partial charge in [0, 0.05) is 10.9 Å². The summed E-state index contributed by atoms with van der Waals surface area (Å²) in [5.74, 6) is 1.22. The first-order chi connectivity index (χ1) is 12.2. The summed E-state index contributed by atoms with van der Waals surface area (Å²) in [6.07, 6.45) is 1.98. The van der Waals surface area contributed by atoms with Gasteiger partial charge in [-0.25, -0.2) is 4.98 Å². The average molecular weight is 405 g/mol. The van der Waals surface area contributed by atoms with Crippen LogP contribution in [0, 0.1) is 0 Å². The molecular formula is C16H12N4OS4. The van der Waals surface area contributed by atoms with Crippen LogP contribution in [0.15, 0.2) is 49.2 Å². The highest BCUT2D eigenvalue weighted by Gasteiger charge is 2.13. The topological polar surface area (TPSA) is 71.5 Å². The molecule has 0 fully saturated rings. The Morgan fingerprint density at radius 1 is 1.16 bits per heavy atom. The van der Waals surface area contributed by atoms with Crippen LogP contribution in [0.25, 0.3) is 21.3 Å². The second-order valence-corrected chi connectivity index (χ2v) is 9.15. The smallest absolute Gasteiger partial charge is 0.260 e. The van der Waals surface area contributed by atoms with E-state index in [4.69, 9.17) is 0 Å². The maximum absolute atomic E-state index is 12.6. The van der Waals surface area contributed by atoms with Crippen molar-refractivity contribution in [3.05, 3.63) is 51.9 Å². The molecule has 4 aromatic rings. The van der Waals surface area contributed by atoms with E-state index in [9.17, 15) is 4.79 Å². The fraction of sp³-hybridized carbons (Fsp3) is 0.125. The Labute approximate surface area is 159 Å². The van der Waals surface area contributed by atoms with Crippen LogP contribution in [0.4, 0.5) is 0 Å². The van der Waals surface area contributed by atoms with E-state index in [1.54, 1.807) is 23.1 Å². The average Bonchev–Trinajstić information content (AvgIpc) is 3.27. The molecule has 126 valence electrons. The SMILES string of the molecule is CSc1nnc(SCc2nc3scc(-c4ccccc4)c3c(=O)[nH]2)s1. The predicted octanol–water partition coefficient (Wildman–Crippen LogP) is 4.52. The van der Waals surface area contributed by atoms with Crippen molar-refractivity contribution in [1.29, 1.82) is 0 Å². The monoisotopic (exact) mass is 404 g/mol. The highest BCUT2D eigenvalue weighted by atomic mass is 32.2. The molecule has 25 heavy (non-hydrogen) atoms. The van der Waals surface area contributed by atoms with E-state index in [1.807, 2.05) is 42.0 Å². The highest BCUT2D eigenvalue weighted by Crippen LogP contribution is 2.32. The van der Waals surface area contributed by atoms with E-state index in [0.29, 0.717) is 17.0 Å². The van der Waals surface area contributed by atoms with Gasteiger partial charge in [-0.1, -0.05) is 65.2 Å². The quantitative estimate of drug-likeness (QED) is 0.493. The van der Waals surface area contributed by atoms with Crippen molar-refractivity contribution in [3.63, 3.8) is 0 Å². The Balaban J connectivity index is 1.63. The molecule has 0 unspecified atom stereocenters. The summed E-state index contributed by atoms with van der Waals surface area (Å²) in [5, 5.41) is 10.8. The van der Waals surface area contributed by atoms with E-state index in [2.05, 4.69) is 20.2 Å². The van der Waals surface area contributed by atoms with Crippen LogP contribution in [0.2, 0.25) is 0 Å². The van der Waals surface area contributed by atoms with Gasteiger partial charge in [-0.2, -0.15) is 0 Å². The first-order valence-electron chi connectivity index (χ1n) is 7.30. The molecular weight excluding hydrogens is 392 g/mol. The summed E-state index contributed by atoms with van der Waals surface area (Å²) in [6, 6.07) is 9.91. The van der Waals surface area contributed by atoms with Crippen molar-refractivity contribution in [2.45, 2.75) is 14.4 Å². The fourth-order valence-corrected chi connectivity index (χ4v) is 5.64. The van der Waals surface area contributed by atoms with Gasteiger partial charge in [-0.15, -0.1) is 21.5 Å². The summed E-state index contributed by atoms with van der Waals surface area (Å²) in [5.41, 5.74) is 1.87. The standard InChI is InChI=1S/C16H12N4OS4/c1-22-15-19-20-16(25-15)24-8-11-17-13(21)12-10(7-23-14(12)18-11)9-5-3-2-4-6-9/h2-7H,8H2,1H3,(H,17,18,21). The fourth-order valence-electron chi connectivity index (χ4n) is 2.36. The van der Waals surface area contributed by atoms with Gasteiger partial charge in [-0.05, 0) is 11.8 Å². The number of aromatic amines is 1. The van der Waals surface area contributed by atoms with Crippen LogP contribution >= 0.6 is 46.2 Å². The molecule has 0 aliphatic heterocycles. The molecule has 0 aliphatic rings. The largest absolute Gasteiger partial charge is 0.309 e. The summed E-state index contributed by atoms with van der Waals surface area (Å²) >= 11 is 6.16. The minimum atomic E-state index is -0.0947. The first kappa shape index (κ1) is 16.8. The van der Waals surface area contributed by atoms with Crippen LogP contribution in [0.5, 0.6) is 0 Å². The molecule has 1 N–H and O–H groups in total. The van der Waals surface area contributed by atoms with Gasteiger partial charge in [0.1, 0.15) is 10.7 Å². The van der Waals surface area contributed by atoms with E-state index < -0.39 is 0 Å². The molecule has 5 nitrogen and oxygen atoms in total. The van der Waals surface area contributed by atoms with Crippen LogP contribution in [0.3, 0.4) is 0 Å². The number of fused-ring (bicyclic) bond motifs is 1. The molecule has 0 bridgehead atoms. The summed E-state index contributed by atoms with van der Waals surface area (Å²) in [4.78, 5) is 20.9. The van der Waals surface area contributed by atoms with Gasteiger partial charge in [0.2, 0.25) is 0 Å². The number of hydrogen-bond donors (Lipinski definition) is 1. The van der Waals surface area contributed by atoms with Crippen molar-refractivity contribution >= 4 is 56.4 Å². The van der Waals surface area contributed by atoms with Gasteiger partial charge in [0.05, 0.1) is 11.1 Å². The molecule has 0 amide bonds. The van der Waals surface area contributed by atoms with Crippen molar-refractivity contribution in [1.82, 2.24) is 20.2 Å². The second kappa shape index (κ2) is 7.28. The van der Waals surface area contributed by atoms with Crippen LogP contribution in [-0.2, 0) is 5.75 Å². The molecule has 0 saturated carbocycles. The summed E-state index contributed by atoms with van der Waals surface area (Å²) < 4.78 is 1.81. The highest BCUT2D eigenvalue weighted by molar-refractivity contribution is 8.02. The Morgan fingerprint density at radius 3 is 2.72 bits per heavy atom. The number of thioether (sulfide) groups is 2. The maximum Gasteiger partial charge on any atom is 0.260 e. The minimum absolute atomic E-state index is 0.0947. The first-order valence-corrected chi connectivity index (χ1v) is 11.2. The third-order valence-corrected chi connectivity index (χ3v) is 7.39. The van der Waals surface area contributed by atoms with Gasteiger partial charge in [0.15, 0.2) is 8.68 Å². The lowest BCUT2D eigenvalue weighted by Crippen LogP contribution is -2.10. The van der Waals surface area contributed by atoms with E-state index in [0.717, 1.165) is 24.6 Å². The third-order valence-electron chi connectivity index (χ3n) is 3.47. The number of thiophene rings is 1. The number of hydrogen-bond acceptors (Lipinski definition) is 8. The molecule has 1 aromatic carbocycles. The lowest BCUT2D eigenvalue weighted by atomic mass is 10.1. The van der Waals surface area contributed by atoms with Crippen molar-refractivity contribution in [2.24, 2.45) is 0 Å². The lowest BCUT2D eigenvalue weighted by Gasteiger charge is -2.01. The van der Waals surface area contributed by atoms with E-state index in [1.165, 1.54) is 23.1 Å². The Morgan fingerprint density at radius 2 is 1.96 bits per heavy atom. The molecule has 3 heterocycles. The molecule has 3 aromatic heterocycles. The second-order valence-electron chi connectivity index (χ2n) is 5.03. The molecule has 9 heteroatoms. The van der Waals surface area contributed by atoms with E-state index in [-0.39, 0.29) is 5.56 Å². The maximum atomic E-state index is 12.6. The molecule has 0 saturated heterocycles. The summed E-state index contributed by atoms with van der Waals surface area (Å²) in [7, 11) is 0. The minimum Gasteiger partial charge on any atom is -0.309 e. The third kappa shape index (κ3) is 3.50. The van der Waals surface area contributed by atoms with E-state index >= 15 is 0 Å². The van der Waals surface area contributed by atoms with Gasteiger partial charge in [-0.3, -0.25) is 4.79 Å². The zero-order chi connectivity index (χ0) is 17.2. The number of rotatable bonds is 5. The number of nitrogens with zero attached hydrogens (tertiary/aromatic N) is 3. The number of aromatic nitrogens is 4. The van der Waals surface area contributed by atoms with Crippen LogP contribution < -0.4 is 5.56 Å². The number of nitrogens with one attached hydrogen (secondary N) is 1. The Hall–Kier alpha value is -1.68. The van der Waals surface area contributed by atoms with Crippen molar-refractivity contribution in [2.75, 3.05) is 6.26 Å². The van der Waals surface area contributed by atoms with Crippen molar-refractivity contribution in [3.8, 4) is 11.1 Å². The molecule has 0 aliphatic carbocycles. The van der Waals surface area contributed by atoms with Crippen LogP contribution in [0.1, 0.15) is 5.82 Å². The Kier molecular flexibility index (Phi) is 4.89. The predicted molar refractivity (Wildman–Crippen MR) is 107 cm³/mol. The zero-order valence-corrected chi connectivity index (χ0v) is 16.3. The van der Waals surface area contributed by atoms with Gasteiger partial charge in [0.25, 0.3) is 5.56 Å². The molecule has 0 atom stereocenters. The lowest BCUT2D eigenvalue weighted by molar-refractivity contribution is 0.953. The number of H-pyrrole nitrogens is 1. The zero-order valence-electron chi connectivity index (χ0n) is 13.1. The normalized spacial score (nSPS) is 11.2. The van der Waals surface area contributed by atoms with Gasteiger partial charge >= 0.3 is 0 Å². The Bertz CT molecular complexity index is 1070. The molecule has 0 radical (unpaired) electrons. The molecule has 0 spiro atoms.